The van der Waals surface area contributed by atoms with E-state index in [0.29, 0.717) is 19.5 Å². The van der Waals surface area contributed by atoms with E-state index in [1.54, 1.807) is 11.0 Å². The van der Waals surface area contributed by atoms with Gasteiger partial charge in [0.15, 0.2) is 0 Å². The van der Waals surface area contributed by atoms with Crippen LogP contribution in [0.15, 0.2) is 12.7 Å². The van der Waals surface area contributed by atoms with Crippen molar-refractivity contribution < 1.29 is 9.90 Å². The normalized spacial score (nSPS) is 20.4. The summed E-state index contributed by atoms with van der Waals surface area (Å²) in [5, 5.41) is 12.2. The molecule has 0 radical (unpaired) electrons. The molecule has 1 saturated heterocycles. The highest BCUT2D eigenvalue weighted by molar-refractivity contribution is 7.99. The van der Waals surface area contributed by atoms with Crippen molar-refractivity contribution in [1.29, 1.82) is 0 Å². The SMILES string of the molecule is C=CCN(CCO)C(=O)CC1CSCCN1. The Morgan fingerprint density at radius 1 is 1.69 bits per heavy atom. The average Bonchev–Trinajstić information content (AvgIpc) is 2.30. The number of amides is 1. The van der Waals surface area contributed by atoms with Crippen molar-refractivity contribution in [3.8, 4) is 0 Å². The first kappa shape index (κ1) is 13.5. The maximum Gasteiger partial charge on any atom is 0.224 e. The molecule has 0 aromatic carbocycles. The van der Waals surface area contributed by atoms with Crippen LogP contribution < -0.4 is 5.32 Å². The van der Waals surface area contributed by atoms with E-state index < -0.39 is 0 Å². The number of carbonyl (C=O) groups excluding carboxylic acids is 1. The second-order valence-corrected chi connectivity index (χ2v) is 4.93. The fraction of sp³-hybridized carbons (Fsp3) is 0.727. The first-order chi connectivity index (χ1) is 7.77. The predicted octanol–water partition coefficient (Wildman–Crippen LogP) is 0.0884. The van der Waals surface area contributed by atoms with Gasteiger partial charge in [-0.25, -0.2) is 0 Å². The predicted molar refractivity (Wildman–Crippen MR) is 67.6 cm³/mol. The van der Waals surface area contributed by atoms with E-state index >= 15 is 0 Å². The van der Waals surface area contributed by atoms with E-state index in [9.17, 15) is 4.79 Å². The van der Waals surface area contributed by atoms with E-state index in [1.165, 1.54) is 0 Å². The fourth-order valence-corrected chi connectivity index (χ4v) is 2.63. The van der Waals surface area contributed by atoms with Gasteiger partial charge in [0.05, 0.1) is 6.61 Å². The standard InChI is InChI=1S/C11H20N2O2S/c1-2-4-13(5-6-14)11(15)8-10-9-16-7-3-12-10/h2,10,12,14H,1,3-9H2. The van der Waals surface area contributed by atoms with Gasteiger partial charge in [-0.1, -0.05) is 6.08 Å². The molecule has 1 fully saturated rings. The molecule has 0 aliphatic carbocycles. The molecule has 0 aromatic rings. The summed E-state index contributed by atoms with van der Waals surface area (Å²) in [5.41, 5.74) is 0. The maximum atomic E-state index is 11.9. The summed E-state index contributed by atoms with van der Waals surface area (Å²) in [5.74, 6) is 2.21. The van der Waals surface area contributed by atoms with Crippen molar-refractivity contribution in [2.45, 2.75) is 12.5 Å². The molecular formula is C11H20N2O2S. The van der Waals surface area contributed by atoms with Crippen LogP contribution in [0.5, 0.6) is 0 Å². The highest BCUT2D eigenvalue weighted by atomic mass is 32.2. The van der Waals surface area contributed by atoms with Crippen LogP contribution in [0.2, 0.25) is 0 Å². The van der Waals surface area contributed by atoms with Crippen molar-refractivity contribution >= 4 is 17.7 Å². The van der Waals surface area contributed by atoms with Crippen molar-refractivity contribution in [3.63, 3.8) is 0 Å². The molecule has 1 amide bonds. The Morgan fingerprint density at radius 3 is 3.06 bits per heavy atom. The van der Waals surface area contributed by atoms with Gasteiger partial charge in [0.2, 0.25) is 5.91 Å². The minimum Gasteiger partial charge on any atom is -0.395 e. The lowest BCUT2D eigenvalue weighted by molar-refractivity contribution is -0.131. The Bertz CT molecular complexity index is 230. The van der Waals surface area contributed by atoms with E-state index in [2.05, 4.69) is 11.9 Å². The molecule has 1 aliphatic rings. The molecule has 4 nitrogen and oxygen atoms in total. The Balaban J connectivity index is 2.37. The Kier molecular flexibility index (Phi) is 6.52. The Labute approximate surface area is 101 Å². The summed E-state index contributed by atoms with van der Waals surface area (Å²) in [6, 6.07) is 0.275. The maximum absolute atomic E-state index is 11.9. The minimum atomic E-state index is 0.00637. The third kappa shape index (κ3) is 4.55. The van der Waals surface area contributed by atoms with E-state index in [4.69, 9.17) is 5.11 Å². The molecule has 16 heavy (non-hydrogen) atoms. The molecular weight excluding hydrogens is 224 g/mol. The van der Waals surface area contributed by atoms with Crippen LogP contribution in [0.3, 0.4) is 0 Å². The van der Waals surface area contributed by atoms with Gasteiger partial charge in [0.1, 0.15) is 0 Å². The topological polar surface area (TPSA) is 52.6 Å². The number of aliphatic hydroxyl groups is 1. The van der Waals surface area contributed by atoms with E-state index in [0.717, 1.165) is 18.1 Å². The molecule has 1 aliphatic heterocycles. The van der Waals surface area contributed by atoms with Crippen molar-refractivity contribution in [2.24, 2.45) is 0 Å². The number of hydrogen-bond donors (Lipinski definition) is 2. The van der Waals surface area contributed by atoms with Crippen LogP contribution in [-0.4, -0.2) is 59.7 Å². The zero-order valence-electron chi connectivity index (χ0n) is 9.52. The van der Waals surface area contributed by atoms with Crippen LogP contribution in [0, 0.1) is 0 Å². The number of nitrogens with one attached hydrogen (secondary N) is 1. The van der Waals surface area contributed by atoms with E-state index in [-0.39, 0.29) is 18.6 Å². The summed E-state index contributed by atoms with van der Waals surface area (Å²) >= 11 is 1.88. The summed E-state index contributed by atoms with van der Waals surface area (Å²) in [6.07, 6.45) is 2.21. The van der Waals surface area contributed by atoms with Gasteiger partial charge < -0.3 is 15.3 Å². The lowest BCUT2D eigenvalue weighted by Crippen LogP contribution is -2.43. The van der Waals surface area contributed by atoms with Crippen LogP contribution in [-0.2, 0) is 4.79 Å². The van der Waals surface area contributed by atoms with Crippen LogP contribution >= 0.6 is 11.8 Å². The first-order valence-electron chi connectivity index (χ1n) is 5.58. The molecule has 0 aromatic heterocycles. The molecule has 5 heteroatoms. The molecule has 2 N–H and O–H groups in total. The number of carbonyl (C=O) groups is 1. The first-order valence-corrected chi connectivity index (χ1v) is 6.74. The van der Waals surface area contributed by atoms with Gasteiger partial charge in [0.25, 0.3) is 0 Å². The minimum absolute atomic E-state index is 0.00637. The lowest BCUT2D eigenvalue weighted by Gasteiger charge is -2.26. The van der Waals surface area contributed by atoms with Crippen molar-refractivity contribution in [1.82, 2.24) is 10.2 Å². The van der Waals surface area contributed by atoms with Gasteiger partial charge in [0, 0.05) is 43.6 Å². The summed E-state index contributed by atoms with van der Waals surface area (Å²) in [7, 11) is 0. The highest BCUT2D eigenvalue weighted by Crippen LogP contribution is 2.11. The number of nitrogens with zero attached hydrogens (tertiary/aromatic N) is 1. The largest absolute Gasteiger partial charge is 0.395 e. The van der Waals surface area contributed by atoms with Crippen LogP contribution in [0.4, 0.5) is 0 Å². The van der Waals surface area contributed by atoms with Gasteiger partial charge in [-0.15, -0.1) is 6.58 Å². The zero-order chi connectivity index (χ0) is 11.8. The van der Waals surface area contributed by atoms with Crippen molar-refractivity contribution in [2.75, 3.05) is 37.7 Å². The molecule has 0 saturated carbocycles. The monoisotopic (exact) mass is 244 g/mol. The zero-order valence-corrected chi connectivity index (χ0v) is 10.3. The molecule has 0 spiro atoms. The lowest BCUT2D eigenvalue weighted by atomic mass is 10.2. The third-order valence-corrected chi connectivity index (χ3v) is 3.62. The summed E-state index contributed by atoms with van der Waals surface area (Å²) < 4.78 is 0. The number of rotatable bonds is 6. The molecule has 0 bridgehead atoms. The number of hydrogen-bond acceptors (Lipinski definition) is 4. The highest BCUT2D eigenvalue weighted by Gasteiger charge is 2.19. The van der Waals surface area contributed by atoms with Gasteiger partial charge >= 0.3 is 0 Å². The van der Waals surface area contributed by atoms with Crippen LogP contribution in [0.1, 0.15) is 6.42 Å². The molecule has 1 atom stereocenters. The molecule has 92 valence electrons. The molecule has 1 unspecified atom stereocenters. The summed E-state index contributed by atoms with van der Waals surface area (Å²) in [6.45, 7) is 5.51. The third-order valence-electron chi connectivity index (χ3n) is 2.49. The van der Waals surface area contributed by atoms with E-state index in [1.807, 2.05) is 11.8 Å². The van der Waals surface area contributed by atoms with Gasteiger partial charge in [-0.2, -0.15) is 11.8 Å². The van der Waals surface area contributed by atoms with Crippen LogP contribution in [0.25, 0.3) is 0 Å². The number of aliphatic hydroxyl groups excluding tert-OH is 1. The smallest absolute Gasteiger partial charge is 0.224 e. The van der Waals surface area contributed by atoms with Crippen molar-refractivity contribution in [3.05, 3.63) is 12.7 Å². The van der Waals surface area contributed by atoms with Gasteiger partial charge in [-0.3, -0.25) is 4.79 Å². The second kappa shape index (κ2) is 7.70. The molecule has 1 rings (SSSR count). The summed E-state index contributed by atoms with van der Waals surface area (Å²) in [4.78, 5) is 13.6. The Hall–Kier alpha value is -0.520. The molecule has 1 heterocycles. The van der Waals surface area contributed by atoms with Gasteiger partial charge in [-0.05, 0) is 0 Å². The fourth-order valence-electron chi connectivity index (χ4n) is 1.69. The Morgan fingerprint density at radius 2 is 2.50 bits per heavy atom. The average molecular weight is 244 g/mol. The quantitative estimate of drug-likeness (QED) is 0.650. The number of thioether (sulfide) groups is 1. The second-order valence-electron chi connectivity index (χ2n) is 3.78.